The van der Waals surface area contributed by atoms with E-state index in [0.29, 0.717) is 0 Å². The maximum atomic E-state index is 3.47. The molecular weight excluding hydrogens is 190 g/mol. The van der Waals surface area contributed by atoms with Gasteiger partial charge in [-0.1, -0.05) is 20.8 Å². The van der Waals surface area contributed by atoms with E-state index < -0.39 is 0 Å². The molecule has 0 saturated carbocycles. The van der Waals surface area contributed by atoms with E-state index in [2.05, 4.69) is 41.7 Å². The molecule has 0 fully saturated rings. The Balaban J connectivity index is 3.05. The molecule has 0 bridgehead atoms. The van der Waals surface area contributed by atoms with E-state index >= 15 is 0 Å². The van der Waals surface area contributed by atoms with Crippen molar-refractivity contribution in [2.24, 2.45) is 0 Å². The van der Waals surface area contributed by atoms with Crippen LogP contribution in [0.2, 0.25) is 0 Å². The Bertz CT molecular complexity index is 219. The van der Waals surface area contributed by atoms with E-state index in [4.69, 9.17) is 0 Å². The summed E-state index contributed by atoms with van der Waals surface area (Å²) < 4.78 is 1.17. The van der Waals surface area contributed by atoms with Gasteiger partial charge in [-0.05, 0) is 22.0 Å². The lowest BCUT2D eigenvalue weighted by Crippen LogP contribution is -2.11. The first-order valence-electron chi connectivity index (χ1n) is 3.35. The second-order valence-electron chi connectivity index (χ2n) is 3.45. The van der Waals surface area contributed by atoms with Crippen LogP contribution < -0.4 is 0 Å². The first kappa shape index (κ1) is 7.86. The van der Waals surface area contributed by atoms with Gasteiger partial charge >= 0.3 is 0 Å². The molecule has 0 atom stereocenters. The summed E-state index contributed by atoms with van der Waals surface area (Å²) in [6.45, 7) is 6.55. The number of hydrogen-bond donors (Lipinski definition) is 1. The van der Waals surface area contributed by atoms with Gasteiger partial charge in [0.1, 0.15) is 0 Å². The van der Waals surface area contributed by atoms with Crippen molar-refractivity contribution in [2.75, 3.05) is 0 Å². The molecule has 10 heavy (non-hydrogen) atoms. The van der Waals surface area contributed by atoms with Gasteiger partial charge in [-0.3, -0.25) is 0 Å². The molecule has 1 aromatic heterocycles. The predicted molar refractivity (Wildman–Crippen MR) is 47.2 cm³/mol. The van der Waals surface area contributed by atoms with Crippen molar-refractivity contribution in [2.45, 2.75) is 26.2 Å². The molecule has 56 valence electrons. The van der Waals surface area contributed by atoms with Gasteiger partial charge in [0, 0.05) is 21.8 Å². The molecule has 0 aliphatic carbocycles. The van der Waals surface area contributed by atoms with Crippen molar-refractivity contribution in [1.82, 2.24) is 4.98 Å². The van der Waals surface area contributed by atoms with Gasteiger partial charge in [0.05, 0.1) is 0 Å². The zero-order valence-corrected chi connectivity index (χ0v) is 8.12. The molecule has 2 heteroatoms. The van der Waals surface area contributed by atoms with Gasteiger partial charge in [0.15, 0.2) is 0 Å². The van der Waals surface area contributed by atoms with Crippen LogP contribution in [0.3, 0.4) is 0 Å². The smallest absolute Gasteiger partial charge is 0.0387 e. The number of rotatable bonds is 0. The third kappa shape index (κ3) is 1.43. The highest BCUT2D eigenvalue weighted by atomic mass is 79.9. The number of aromatic nitrogens is 1. The van der Waals surface area contributed by atoms with Crippen molar-refractivity contribution in [3.05, 3.63) is 22.4 Å². The van der Waals surface area contributed by atoms with E-state index in [0.717, 1.165) is 0 Å². The molecular formula is C8H12BrN. The SMILES string of the molecule is CC(C)(C)c1[nH]ccc1Br. The number of H-pyrrole nitrogens is 1. The Kier molecular flexibility index (Phi) is 1.90. The highest BCUT2D eigenvalue weighted by Crippen LogP contribution is 2.27. The van der Waals surface area contributed by atoms with E-state index in [1.165, 1.54) is 10.2 Å². The molecule has 1 rings (SSSR count). The maximum Gasteiger partial charge on any atom is 0.0387 e. The standard InChI is InChI=1S/C8H12BrN/c1-8(2,3)7-6(9)4-5-10-7/h4-5,10H,1-3H3. The number of hydrogen-bond acceptors (Lipinski definition) is 0. The van der Waals surface area contributed by atoms with Gasteiger partial charge in [0.25, 0.3) is 0 Å². The van der Waals surface area contributed by atoms with Crippen molar-refractivity contribution in [3.63, 3.8) is 0 Å². The molecule has 1 heterocycles. The van der Waals surface area contributed by atoms with Gasteiger partial charge in [-0.25, -0.2) is 0 Å². The summed E-state index contributed by atoms with van der Waals surface area (Å²) >= 11 is 3.47. The van der Waals surface area contributed by atoms with Crippen LogP contribution in [-0.2, 0) is 5.41 Å². The normalized spacial score (nSPS) is 12.0. The summed E-state index contributed by atoms with van der Waals surface area (Å²) in [4.78, 5) is 3.20. The zero-order chi connectivity index (χ0) is 7.78. The molecule has 0 aliphatic rings. The second-order valence-corrected chi connectivity index (χ2v) is 4.30. The van der Waals surface area contributed by atoms with Crippen LogP contribution in [-0.4, -0.2) is 4.98 Å². The number of aromatic amines is 1. The minimum Gasteiger partial charge on any atom is -0.364 e. The molecule has 1 aromatic rings. The van der Waals surface area contributed by atoms with Gasteiger partial charge in [-0.15, -0.1) is 0 Å². The van der Waals surface area contributed by atoms with Crippen LogP contribution in [0.15, 0.2) is 16.7 Å². The third-order valence-electron chi connectivity index (χ3n) is 1.45. The zero-order valence-electron chi connectivity index (χ0n) is 6.53. The first-order chi connectivity index (χ1) is 4.52. The molecule has 0 aromatic carbocycles. The van der Waals surface area contributed by atoms with Gasteiger partial charge in [0.2, 0.25) is 0 Å². The van der Waals surface area contributed by atoms with Crippen LogP contribution >= 0.6 is 15.9 Å². The van der Waals surface area contributed by atoms with E-state index in [1.54, 1.807) is 0 Å². The Hall–Kier alpha value is -0.240. The van der Waals surface area contributed by atoms with Crippen LogP contribution in [0.1, 0.15) is 26.5 Å². The van der Waals surface area contributed by atoms with Gasteiger partial charge < -0.3 is 4.98 Å². The quantitative estimate of drug-likeness (QED) is 0.665. The Labute approximate surface area is 70.0 Å². The summed E-state index contributed by atoms with van der Waals surface area (Å²) in [5.41, 5.74) is 1.47. The predicted octanol–water partition coefficient (Wildman–Crippen LogP) is 3.07. The summed E-state index contributed by atoms with van der Waals surface area (Å²) in [7, 11) is 0. The Morgan fingerprint density at radius 1 is 1.40 bits per heavy atom. The number of nitrogens with one attached hydrogen (secondary N) is 1. The largest absolute Gasteiger partial charge is 0.364 e. The Morgan fingerprint density at radius 3 is 2.20 bits per heavy atom. The minimum absolute atomic E-state index is 0.211. The minimum atomic E-state index is 0.211. The molecule has 1 nitrogen and oxygen atoms in total. The fourth-order valence-electron chi connectivity index (χ4n) is 0.925. The fourth-order valence-corrected chi connectivity index (χ4v) is 1.77. The molecule has 0 radical (unpaired) electrons. The fraction of sp³-hybridized carbons (Fsp3) is 0.500. The second kappa shape index (κ2) is 2.42. The van der Waals surface area contributed by atoms with E-state index in [9.17, 15) is 0 Å². The average Bonchev–Trinajstić information content (AvgIpc) is 2.11. The van der Waals surface area contributed by atoms with Crippen LogP contribution in [0.25, 0.3) is 0 Å². The van der Waals surface area contributed by atoms with Crippen molar-refractivity contribution >= 4 is 15.9 Å². The topological polar surface area (TPSA) is 15.8 Å². The number of halogens is 1. The lowest BCUT2D eigenvalue weighted by molar-refractivity contribution is 0.570. The maximum absolute atomic E-state index is 3.47. The molecule has 0 saturated heterocycles. The highest BCUT2D eigenvalue weighted by Gasteiger charge is 2.17. The average molecular weight is 202 g/mol. The first-order valence-corrected chi connectivity index (χ1v) is 4.14. The van der Waals surface area contributed by atoms with E-state index in [1.807, 2.05) is 12.3 Å². The summed E-state index contributed by atoms with van der Waals surface area (Å²) in [6.07, 6.45) is 1.95. The lowest BCUT2D eigenvalue weighted by Gasteiger charge is -2.16. The molecule has 0 aliphatic heterocycles. The van der Waals surface area contributed by atoms with Crippen molar-refractivity contribution < 1.29 is 0 Å². The molecule has 1 N–H and O–H groups in total. The van der Waals surface area contributed by atoms with Gasteiger partial charge in [-0.2, -0.15) is 0 Å². The lowest BCUT2D eigenvalue weighted by atomic mass is 9.93. The van der Waals surface area contributed by atoms with E-state index in [-0.39, 0.29) is 5.41 Å². The van der Waals surface area contributed by atoms with Crippen LogP contribution in [0.4, 0.5) is 0 Å². The molecule has 0 spiro atoms. The Morgan fingerprint density at radius 2 is 2.00 bits per heavy atom. The van der Waals surface area contributed by atoms with Crippen molar-refractivity contribution in [1.29, 1.82) is 0 Å². The highest BCUT2D eigenvalue weighted by molar-refractivity contribution is 9.10. The summed E-state index contributed by atoms with van der Waals surface area (Å²) in [5.74, 6) is 0. The molecule has 0 amide bonds. The summed E-state index contributed by atoms with van der Waals surface area (Å²) in [5, 5.41) is 0. The summed E-state index contributed by atoms with van der Waals surface area (Å²) in [6, 6.07) is 2.03. The van der Waals surface area contributed by atoms with Crippen LogP contribution in [0.5, 0.6) is 0 Å². The third-order valence-corrected chi connectivity index (χ3v) is 2.11. The monoisotopic (exact) mass is 201 g/mol. The van der Waals surface area contributed by atoms with Crippen molar-refractivity contribution in [3.8, 4) is 0 Å². The van der Waals surface area contributed by atoms with Crippen LogP contribution in [0, 0.1) is 0 Å². The molecule has 0 unspecified atom stereocenters.